The number of aliphatic carboxylic acids is 1. The van der Waals surface area contributed by atoms with E-state index >= 15 is 0 Å². The van der Waals surface area contributed by atoms with Crippen LogP contribution in [0.5, 0.6) is 11.5 Å². The number of benzene rings is 3. The van der Waals surface area contributed by atoms with Gasteiger partial charge in [-0.05, 0) is 55.7 Å². The van der Waals surface area contributed by atoms with Crippen molar-refractivity contribution < 1.29 is 29.0 Å². The molecule has 0 atom stereocenters. The van der Waals surface area contributed by atoms with Crippen LogP contribution in [0.2, 0.25) is 10.0 Å². The van der Waals surface area contributed by atoms with E-state index in [1.165, 1.54) is 0 Å². The number of ether oxygens (including phenoxy) is 2. The maximum atomic E-state index is 13.4. The summed E-state index contributed by atoms with van der Waals surface area (Å²) in [6, 6.07) is 16.2. The molecule has 10 nitrogen and oxygen atoms in total. The Morgan fingerprint density at radius 2 is 1.89 bits per heavy atom. The second kappa shape index (κ2) is 15.2. The van der Waals surface area contributed by atoms with Gasteiger partial charge in [0.1, 0.15) is 5.75 Å². The summed E-state index contributed by atoms with van der Waals surface area (Å²) in [6.45, 7) is 3.72. The highest BCUT2D eigenvalue weighted by Crippen LogP contribution is 2.40. The number of para-hydroxylation sites is 1. The molecule has 3 aromatic carbocycles. The van der Waals surface area contributed by atoms with Crippen LogP contribution < -0.4 is 19.7 Å². The first-order chi connectivity index (χ1) is 22.2. The topological polar surface area (TPSA) is 123 Å². The number of hydrogen-bond acceptors (Lipinski definition) is 6. The molecule has 0 aliphatic carbocycles. The van der Waals surface area contributed by atoms with Crippen molar-refractivity contribution in [2.75, 3.05) is 31.2 Å². The molecule has 1 aliphatic rings. The quantitative estimate of drug-likeness (QED) is 0.168. The van der Waals surface area contributed by atoms with E-state index in [0.717, 1.165) is 33.7 Å². The molecule has 0 spiro atoms. The molecule has 0 saturated carbocycles. The van der Waals surface area contributed by atoms with Crippen LogP contribution in [0.25, 0.3) is 11.1 Å². The molecule has 2 N–H and O–H groups in total. The van der Waals surface area contributed by atoms with Gasteiger partial charge in [-0.25, -0.2) is 0 Å². The Kier molecular flexibility index (Phi) is 10.8. The fourth-order valence-electron chi connectivity index (χ4n) is 5.14. The van der Waals surface area contributed by atoms with Gasteiger partial charge in [0.15, 0.2) is 5.75 Å². The summed E-state index contributed by atoms with van der Waals surface area (Å²) in [5, 5.41) is 16.9. The minimum absolute atomic E-state index is 0.000308. The fourth-order valence-corrected chi connectivity index (χ4v) is 5.55. The molecule has 1 aliphatic heterocycles. The van der Waals surface area contributed by atoms with Gasteiger partial charge in [-0.3, -0.25) is 19.1 Å². The Hall–Kier alpha value is -4.54. The number of hydrogen-bond donors (Lipinski definition) is 2. The van der Waals surface area contributed by atoms with Gasteiger partial charge in [0.2, 0.25) is 5.91 Å². The Morgan fingerprint density at radius 3 is 2.70 bits per heavy atom. The largest absolute Gasteiger partial charge is 0.493 e. The number of amides is 2. The van der Waals surface area contributed by atoms with Crippen molar-refractivity contribution in [3.05, 3.63) is 93.7 Å². The summed E-state index contributed by atoms with van der Waals surface area (Å²) >= 11 is 12.7. The summed E-state index contributed by atoms with van der Waals surface area (Å²) in [7, 11) is 0. The van der Waals surface area contributed by atoms with E-state index < -0.39 is 11.9 Å². The number of nitrogens with zero attached hydrogens (tertiary/aromatic N) is 3. The van der Waals surface area contributed by atoms with Crippen molar-refractivity contribution in [3.8, 4) is 22.6 Å². The first-order valence-corrected chi connectivity index (χ1v) is 15.7. The third kappa shape index (κ3) is 7.99. The molecule has 2 amide bonds. The molecule has 12 heteroatoms. The van der Waals surface area contributed by atoms with E-state index in [-0.39, 0.29) is 18.9 Å². The van der Waals surface area contributed by atoms with Crippen LogP contribution in [0.4, 0.5) is 5.69 Å². The second-order valence-electron chi connectivity index (χ2n) is 10.8. The summed E-state index contributed by atoms with van der Waals surface area (Å²) in [4.78, 5) is 38.2. The predicted molar refractivity (Wildman–Crippen MR) is 176 cm³/mol. The second-order valence-corrected chi connectivity index (χ2v) is 11.7. The maximum absolute atomic E-state index is 13.4. The van der Waals surface area contributed by atoms with Gasteiger partial charge < -0.3 is 24.8 Å². The molecule has 0 radical (unpaired) electrons. The molecule has 0 fully saturated rings. The molecular weight excluding hydrogens is 631 g/mol. The van der Waals surface area contributed by atoms with Crippen molar-refractivity contribution in [1.82, 2.24) is 15.1 Å². The third-order valence-electron chi connectivity index (χ3n) is 7.59. The Bertz CT molecular complexity index is 1740. The lowest BCUT2D eigenvalue weighted by atomic mass is 10.1. The zero-order chi connectivity index (χ0) is 32.6. The van der Waals surface area contributed by atoms with Crippen LogP contribution in [-0.4, -0.2) is 59.0 Å². The number of carbonyl (C=O) groups excluding carboxylic acids is 2. The van der Waals surface area contributed by atoms with Crippen LogP contribution in [0.15, 0.2) is 67.0 Å². The van der Waals surface area contributed by atoms with Gasteiger partial charge in [-0.15, -0.1) is 0 Å². The predicted octanol–water partition coefficient (Wildman–Crippen LogP) is 6.39. The number of halogens is 2. The lowest BCUT2D eigenvalue weighted by Gasteiger charge is -2.23. The summed E-state index contributed by atoms with van der Waals surface area (Å²) in [5.74, 6) is -0.0297. The molecule has 240 valence electrons. The number of carboxylic acids is 1. The molecule has 5 rings (SSSR count). The minimum atomic E-state index is -0.987. The Labute approximate surface area is 276 Å². The van der Waals surface area contributed by atoms with E-state index in [9.17, 15) is 14.4 Å². The lowest BCUT2D eigenvalue weighted by molar-refractivity contribution is -0.136. The summed E-state index contributed by atoms with van der Waals surface area (Å²) < 4.78 is 13.8. The van der Waals surface area contributed by atoms with Crippen LogP contribution >= 0.6 is 23.2 Å². The Morgan fingerprint density at radius 1 is 1.07 bits per heavy atom. The molecule has 1 aromatic heterocycles. The maximum Gasteiger partial charge on any atom is 0.305 e. The number of carbonyl (C=O) groups is 3. The standard InChI is InChI=1S/C34H34Cl2N4O6/c1-22-27(35)7-3-9-30(22)45-16-4-10-31(41)40-15-5-17-46-33-26(6-2-8-29(33)40)25-19-38-39(21-25)20-24-12-11-23(18-28(24)36)34(44)37-14-13-32(42)43/h2-3,6-9,11-12,18-19,21H,4-5,10,13-17,20H2,1H3,(H,37,44)(H,42,43). The highest BCUT2D eigenvalue weighted by molar-refractivity contribution is 6.32. The smallest absolute Gasteiger partial charge is 0.305 e. The number of anilines is 1. The van der Waals surface area contributed by atoms with Gasteiger partial charge in [0.25, 0.3) is 5.91 Å². The van der Waals surface area contributed by atoms with E-state index in [0.29, 0.717) is 66.9 Å². The summed E-state index contributed by atoms with van der Waals surface area (Å²) in [5.41, 5.74) is 4.34. The SMILES string of the molecule is Cc1c(Cl)cccc1OCCCC(=O)N1CCCOc2c(-c3cnn(Cc4ccc(C(=O)NCCC(=O)O)cc4Cl)c3)cccc21. The number of rotatable bonds is 12. The normalized spacial score (nSPS) is 12.5. The van der Waals surface area contributed by atoms with Crippen LogP contribution in [0.1, 0.15) is 47.2 Å². The average Bonchev–Trinajstić information content (AvgIpc) is 3.39. The first kappa shape index (κ1) is 32.8. The highest BCUT2D eigenvalue weighted by atomic mass is 35.5. The van der Waals surface area contributed by atoms with Gasteiger partial charge in [-0.1, -0.05) is 47.5 Å². The van der Waals surface area contributed by atoms with E-state index in [1.54, 1.807) is 34.0 Å². The minimum Gasteiger partial charge on any atom is -0.493 e. The van der Waals surface area contributed by atoms with Crippen molar-refractivity contribution in [2.24, 2.45) is 0 Å². The van der Waals surface area contributed by atoms with Crippen molar-refractivity contribution in [2.45, 2.75) is 39.2 Å². The van der Waals surface area contributed by atoms with Gasteiger partial charge in [-0.2, -0.15) is 5.10 Å². The van der Waals surface area contributed by atoms with Gasteiger partial charge in [0, 0.05) is 58.0 Å². The monoisotopic (exact) mass is 664 g/mol. The Balaban J connectivity index is 1.25. The van der Waals surface area contributed by atoms with Crippen molar-refractivity contribution >= 4 is 46.7 Å². The number of aromatic nitrogens is 2. The van der Waals surface area contributed by atoms with Crippen LogP contribution in [-0.2, 0) is 16.1 Å². The molecule has 46 heavy (non-hydrogen) atoms. The van der Waals surface area contributed by atoms with Crippen LogP contribution in [0, 0.1) is 6.92 Å². The zero-order valence-corrected chi connectivity index (χ0v) is 26.8. The van der Waals surface area contributed by atoms with Crippen molar-refractivity contribution in [3.63, 3.8) is 0 Å². The van der Waals surface area contributed by atoms with Crippen LogP contribution in [0.3, 0.4) is 0 Å². The number of carboxylic acid groups (broad SMARTS) is 1. The molecule has 0 unspecified atom stereocenters. The molecular formula is C34H34Cl2N4O6. The number of nitrogens with one attached hydrogen (secondary N) is 1. The molecule has 2 heterocycles. The molecule has 0 saturated heterocycles. The van der Waals surface area contributed by atoms with E-state index in [2.05, 4.69) is 10.4 Å². The zero-order valence-electron chi connectivity index (χ0n) is 25.3. The van der Waals surface area contributed by atoms with Gasteiger partial charge in [0.05, 0.1) is 38.1 Å². The highest BCUT2D eigenvalue weighted by Gasteiger charge is 2.25. The third-order valence-corrected chi connectivity index (χ3v) is 8.35. The summed E-state index contributed by atoms with van der Waals surface area (Å²) in [6.07, 6.45) is 5.04. The van der Waals surface area contributed by atoms with Crippen molar-refractivity contribution in [1.29, 1.82) is 0 Å². The number of fused-ring (bicyclic) bond motifs is 1. The first-order valence-electron chi connectivity index (χ1n) is 15.0. The lowest BCUT2D eigenvalue weighted by Crippen LogP contribution is -2.31. The molecule has 0 bridgehead atoms. The molecule has 4 aromatic rings. The van der Waals surface area contributed by atoms with E-state index in [4.69, 9.17) is 37.8 Å². The van der Waals surface area contributed by atoms with E-state index in [1.807, 2.05) is 49.5 Å². The average molecular weight is 666 g/mol. The van der Waals surface area contributed by atoms with Gasteiger partial charge >= 0.3 is 5.97 Å². The fraction of sp³-hybridized carbons (Fsp3) is 0.294.